The van der Waals surface area contributed by atoms with Crippen LogP contribution in [-0.4, -0.2) is 19.1 Å². The van der Waals surface area contributed by atoms with Crippen LogP contribution in [0, 0.1) is 0 Å². The van der Waals surface area contributed by atoms with Crippen molar-refractivity contribution in [3.05, 3.63) is 35.5 Å². The minimum atomic E-state index is 0.191. The average Bonchev–Trinajstić information content (AvgIpc) is 2.32. The number of unbranched alkanes of at least 4 members (excludes halogenated alkanes) is 2. The molecule has 0 amide bonds. The normalized spacial score (nSPS) is 20.5. The number of hydrogen-bond donors (Lipinski definition) is 2. The molecule has 0 radical (unpaired) electrons. The molecule has 0 spiro atoms. The standard InChI is InChI=1S/C15H26N2/c1-3-17-11-7-5-4-6-8-14-12-13(2)9-10-15(14)16/h6,8-9,12,15,17H,3-5,7,10-11,16H2,1-2H3/b8-6-. The van der Waals surface area contributed by atoms with Crippen LogP contribution in [0.15, 0.2) is 35.5 Å². The summed E-state index contributed by atoms with van der Waals surface area (Å²) in [5, 5.41) is 3.34. The number of nitrogens with one attached hydrogen (secondary N) is 1. The van der Waals surface area contributed by atoms with E-state index < -0.39 is 0 Å². The summed E-state index contributed by atoms with van der Waals surface area (Å²) in [4.78, 5) is 0. The molecule has 1 aliphatic rings. The van der Waals surface area contributed by atoms with Crippen LogP contribution >= 0.6 is 0 Å². The van der Waals surface area contributed by atoms with Crippen LogP contribution in [0.25, 0.3) is 0 Å². The predicted octanol–water partition coefficient (Wildman–Crippen LogP) is 2.93. The summed E-state index contributed by atoms with van der Waals surface area (Å²) in [5.74, 6) is 0. The smallest absolute Gasteiger partial charge is 0.0329 e. The Balaban J connectivity index is 2.21. The van der Waals surface area contributed by atoms with Gasteiger partial charge in [0.1, 0.15) is 0 Å². The minimum Gasteiger partial charge on any atom is -0.324 e. The predicted molar refractivity (Wildman–Crippen MR) is 76.0 cm³/mol. The van der Waals surface area contributed by atoms with Crippen molar-refractivity contribution in [2.45, 2.75) is 45.6 Å². The Morgan fingerprint density at radius 1 is 1.47 bits per heavy atom. The van der Waals surface area contributed by atoms with Crippen molar-refractivity contribution in [1.29, 1.82) is 0 Å². The van der Waals surface area contributed by atoms with E-state index in [1.165, 1.54) is 24.0 Å². The molecule has 3 N–H and O–H groups in total. The van der Waals surface area contributed by atoms with Gasteiger partial charge in [-0.2, -0.15) is 0 Å². The van der Waals surface area contributed by atoms with Gasteiger partial charge in [0.15, 0.2) is 0 Å². The monoisotopic (exact) mass is 234 g/mol. The van der Waals surface area contributed by atoms with E-state index in [1.807, 2.05) is 0 Å². The van der Waals surface area contributed by atoms with Gasteiger partial charge in [-0.3, -0.25) is 0 Å². The van der Waals surface area contributed by atoms with Crippen molar-refractivity contribution in [2.24, 2.45) is 5.73 Å². The van der Waals surface area contributed by atoms with Gasteiger partial charge < -0.3 is 11.1 Å². The molecule has 2 nitrogen and oxygen atoms in total. The van der Waals surface area contributed by atoms with E-state index in [4.69, 9.17) is 5.73 Å². The van der Waals surface area contributed by atoms with Crippen molar-refractivity contribution >= 4 is 0 Å². The second-order valence-corrected chi connectivity index (χ2v) is 4.69. The molecule has 17 heavy (non-hydrogen) atoms. The number of nitrogens with two attached hydrogens (primary N) is 1. The number of hydrogen-bond acceptors (Lipinski definition) is 2. The first-order chi connectivity index (χ1) is 8.24. The molecule has 1 aliphatic carbocycles. The molecule has 0 bridgehead atoms. The zero-order chi connectivity index (χ0) is 12.5. The zero-order valence-corrected chi connectivity index (χ0v) is 11.2. The number of allylic oxidation sites excluding steroid dienone is 3. The maximum Gasteiger partial charge on any atom is 0.0329 e. The summed E-state index contributed by atoms with van der Waals surface area (Å²) in [5.41, 5.74) is 8.65. The molecule has 0 saturated carbocycles. The number of rotatable bonds is 7. The van der Waals surface area contributed by atoms with Gasteiger partial charge >= 0.3 is 0 Å². The average molecular weight is 234 g/mol. The second kappa shape index (κ2) is 8.26. The quantitative estimate of drug-likeness (QED) is 0.665. The Labute approximate surface area is 106 Å². The molecular weight excluding hydrogens is 208 g/mol. The maximum absolute atomic E-state index is 6.05. The van der Waals surface area contributed by atoms with Gasteiger partial charge in [0.05, 0.1) is 0 Å². The zero-order valence-electron chi connectivity index (χ0n) is 11.2. The highest BCUT2D eigenvalue weighted by atomic mass is 14.8. The van der Waals surface area contributed by atoms with Crippen LogP contribution in [0.2, 0.25) is 0 Å². The van der Waals surface area contributed by atoms with Gasteiger partial charge in [0.25, 0.3) is 0 Å². The summed E-state index contributed by atoms with van der Waals surface area (Å²) in [6, 6.07) is 0.191. The lowest BCUT2D eigenvalue weighted by Crippen LogP contribution is -2.22. The van der Waals surface area contributed by atoms with Gasteiger partial charge in [-0.15, -0.1) is 0 Å². The Kier molecular flexibility index (Phi) is 6.90. The fraction of sp³-hybridized carbons (Fsp3) is 0.600. The van der Waals surface area contributed by atoms with E-state index in [1.54, 1.807) is 0 Å². The van der Waals surface area contributed by atoms with E-state index in [2.05, 4.69) is 43.5 Å². The van der Waals surface area contributed by atoms with Gasteiger partial charge in [0, 0.05) is 6.04 Å². The van der Waals surface area contributed by atoms with Crippen LogP contribution in [-0.2, 0) is 0 Å². The van der Waals surface area contributed by atoms with Gasteiger partial charge in [-0.1, -0.05) is 36.8 Å². The van der Waals surface area contributed by atoms with Crippen molar-refractivity contribution in [1.82, 2.24) is 5.32 Å². The molecule has 2 heteroatoms. The lowest BCUT2D eigenvalue weighted by atomic mass is 9.95. The van der Waals surface area contributed by atoms with Gasteiger partial charge in [-0.25, -0.2) is 0 Å². The van der Waals surface area contributed by atoms with E-state index in [0.29, 0.717) is 0 Å². The molecule has 0 fully saturated rings. The van der Waals surface area contributed by atoms with Crippen LogP contribution in [0.1, 0.15) is 39.5 Å². The fourth-order valence-electron chi connectivity index (χ4n) is 1.96. The highest BCUT2D eigenvalue weighted by Crippen LogP contribution is 2.17. The summed E-state index contributed by atoms with van der Waals surface area (Å²) in [6.45, 7) is 6.49. The van der Waals surface area contributed by atoms with Gasteiger partial charge in [-0.05, 0) is 51.3 Å². The summed E-state index contributed by atoms with van der Waals surface area (Å²) < 4.78 is 0. The Bertz CT molecular complexity index is 300. The van der Waals surface area contributed by atoms with E-state index in [-0.39, 0.29) is 6.04 Å². The molecule has 1 unspecified atom stereocenters. The van der Waals surface area contributed by atoms with Crippen LogP contribution in [0.5, 0.6) is 0 Å². The van der Waals surface area contributed by atoms with Gasteiger partial charge in [0.2, 0.25) is 0 Å². The summed E-state index contributed by atoms with van der Waals surface area (Å²) in [6.07, 6.45) is 13.5. The molecule has 0 aromatic carbocycles. The minimum absolute atomic E-state index is 0.191. The fourth-order valence-corrected chi connectivity index (χ4v) is 1.96. The lowest BCUT2D eigenvalue weighted by molar-refractivity contribution is 0.645. The molecule has 1 rings (SSSR count). The highest BCUT2D eigenvalue weighted by Gasteiger charge is 2.08. The van der Waals surface area contributed by atoms with Crippen LogP contribution in [0.4, 0.5) is 0 Å². The van der Waals surface area contributed by atoms with E-state index >= 15 is 0 Å². The Morgan fingerprint density at radius 3 is 3.06 bits per heavy atom. The molecule has 0 aromatic heterocycles. The largest absolute Gasteiger partial charge is 0.324 e. The summed E-state index contributed by atoms with van der Waals surface area (Å²) >= 11 is 0. The lowest BCUT2D eigenvalue weighted by Gasteiger charge is -2.16. The molecule has 0 aliphatic heterocycles. The highest BCUT2D eigenvalue weighted by molar-refractivity contribution is 5.36. The molecular formula is C15H26N2. The first-order valence-electron chi connectivity index (χ1n) is 6.75. The van der Waals surface area contributed by atoms with Crippen molar-refractivity contribution < 1.29 is 0 Å². The Morgan fingerprint density at radius 2 is 2.29 bits per heavy atom. The third-order valence-corrected chi connectivity index (χ3v) is 3.05. The Hall–Kier alpha value is -0.860. The third-order valence-electron chi connectivity index (χ3n) is 3.05. The first kappa shape index (κ1) is 14.2. The van der Waals surface area contributed by atoms with Crippen LogP contribution in [0.3, 0.4) is 0 Å². The molecule has 0 heterocycles. The molecule has 1 atom stereocenters. The SMILES string of the molecule is CCNCCCC/C=C\C1=CC(C)=CCC1N. The van der Waals surface area contributed by atoms with Crippen molar-refractivity contribution in [2.75, 3.05) is 13.1 Å². The van der Waals surface area contributed by atoms with Crippen molar-refractivity contribution in [3.63, 3.8) is 0 Å². The molecule has 0 saturated heterocycles. The first-order valence-corrected chi connectivity index (χ1v) is 6.75. The second-order valence-electron chi connectivity index (χ2n) is 4.69. The van der Waals surface area contributed by atoms with E-state index in [9.17, 15) is 0 Å². The molecule has 0 aromatic rings. The van der Waals surface area contributed by atoms with Crippen molar-refractivity contribution in [3.8, 4) is 0 Å². The summed E-state index contributed by atoms with van der Waals surface area (Å²) in [7, 11) is 0. The maximum atomic E-state index is 6.05. The van der Waals surface area contributed by atoms with Crippen LogP contribution < -0.4 is 11.1 Å². The topological polar surface area (TPSA) is 38.0 Å². The third kappa shape index (κ3) is 5.85. The van der Waals surface area contributed by atoms with E-state index in [0.717, 1.165) is 25.9 Å². The molecule has 96 valence electrons.